The van der Waals surface area contributed by atoms with Crippen LogP contribution in [-0.4, -0.2) is 36.2 Å². The van der Waals surface area contributed by atoms with Crippen molar-refractivity contribution in [1.82, 2.24) is 15.4 Å². The molecule has 0 aliphatic heterocycles. The summed E-state index contributed by atoms with van der Waals surface area (Å²) in [4.78, 5) is 23.8. The Labute approximate surface area is 187 Å². The van der Waals surface area contributed by atoms with E-state index >= 15 is 0 Å². The number of aromatic nitrogens is 2. The van der Waals surface area contributed by atoms with Crippen LogP contribution in [0, 0.1) is 0 Å². The number of nitrogens with zero attached hydrogens (tertiary/aromatic N) is 4. The second-order valence-corrected chi connectivity index (χ2v) is 7.38. The molecular formula is C26H23N5O. The highest BCUT2D eigenvalue weighted by Gasteiger charge is 2.14. The molecule has 0 saturated heterocycles. The smallest absolute Gasteiger partial charge is 0.309 e. The minimum atomic E-state index is -0.471. The zero-order valence-corrected chi connectivity index (χ0v) is 17.9. The Balaban J connectivity index is 1.59. The van der Waals surface area contributed by atoms with E-state index in [0.29, 0.717) is 11.4 Å². The maximum Gasteiger partial charge on any atom is 0.309 e. The van der Waals surface area contributed by atoms with Crippen LogP contribution >= 0.6 is 0 Å². The first-order valence-electron chi connectivity index (χ1n) is 10.2. The Kier molecular flexibility index (Phi) is 6.32. The lowest BCUT2D eigenvalue weighted by Crippen LogP contribution is -2.21. The molecule has 0 bridgehead atoms. The third-order valence-corrected chi connectivity index (χ3v) is 4.86. The maximum absolute atomic E-state index is 12.8. The SMILES string of the molecule is CN(C)c1ccc(/C=N\NC(=O)c2nc(-c3ccccc3)cc(-c3ccccc3)n2)cc1. The molecule has 0 radical (unpaired) electrons. The van der Waals surface area contributed by atoms with Gasteiger partial charge in [-0.05, 0) is 23.8 Å². The molecule has 32 heavy (non-hydrogen) atoms. The molecule has 0 spiro atoms. The monoisotopic (exact) mass is 421 g/mol. The van der Waals surface area contributed by atoms with Crippen LogP contribution in [0.3, 0.4) is 0 Å². The van der Waals surface area contributed by atoms with Gasteiger partial charge in [0.15, 0.2) is 0 Å². The van der Waals surface area contributed by atoms with E-state index in [2.05, 4.69) is 20.5 Å². The lowest BCUT2D eigenvalue weighted by atomic mass is 10.1. The van der Waals surface area contributed by atoms with Gasteiger partial charge in [-0.2, -0.15) is 5.10 Å². The van der Waals surface area contributed by atoms with E-state index in [1.807, 2.05) is 110 Å². The summed E-state index contributed by atoms with van der Waals surface area (Å²) < 4.78 is 0. The standard InChI is InChI=1S/C26H23N5O/c1-31(2)22-15-13-19(14-16-22)18-27-30-26(32)25-28-23(20-9-5-3-6-10-20)17-24(29-25)21-11-7-4-8-12-21/h3-18H,1-2H3,(H,30,32)/b27-18-. The average Bonchev–Trinajstić information content (AvgIpc) is 2.85. The van der Waals surface area contributed by atoms with Crippen LogP contribution in [0.1, 0.15) is 16.2 Å². The van der Waals surface area contributed by atoms with Crippen LogP contribution in [0.4, 0.5) is 5.69 Å². The summed E-state index contributed by atoms with van der Waals surface area (Å²) in [6.07, 6.45) is 1.59. The molecule has 0 aliphatic carbocycles. The zero-order valence-electron chi connectivity index (χ0n) is 17.9. The van der Waals surface area contributed by atoms with Crippen LogP contribution in [-0.2, 0) is 0 Å². The first-order chi connectivity index (χ1) is 15.6. The van der Waals surface area contributed by atoms with E-state index < -0.39 is 5.91 Å². The zero-order chi connectivity index (χ0) is 22.3. The van der Waals surface area contributed by atoms with Crippen molar-refractivity contribution in [1.29, 1.82) is 0 Å². The van der Waals surface area contributed by atoms with Crippen LogP contribution in [0.25, 0.3) is 22.5 Å². The maximum atomic E-state index is 12.8. The number of hydrogen-bond acceptors (Lipinski definition) is 5. The summed E-state index contributed by atoms with van der Waals surface area (Å²) in [5, 5.41) is 4.08. The number of anilines is 1. The Hall–Kier alpha value is -4.32. The lowest BCUT2D eigenvalue weighted by molar-refractivity contribution is 0.0945. The van der Waals surface area contributed by atoms with Crippen molar-refractivity contribution in [3.8, 4) is 22.5 Å². The highest BCUT2D eigenvalue weighted by Crippen LogP contribution is 2.23. The van der Waals surface area contributed by atoms with Crippen LogP contribution in [0.15, 0.2) is 96.1 Å². The van der Waals surface area contributed by atoms with Gasteiger partial charge in [0.1, 0.15) is 0 Å². The molecule has 6 nitrogen and oxygen atoms in total. The van der Waals surface area contributed by atoms with Crippen molar-refractivity contribution in [2.75, 3.05) is 19.0 Å². The molecule has 0 atom stereocenters. The third kappa shape index (κ3) is 5.05. The Morgan fingerprint density at radius 2 is 1.34 bits per heavy atom. The predicted octanol–water partition coefficient (Wildman–Crippen LogP) is 4.64. The van der Waals surface area contributed by atoms with Gasteiger partial charge in [-0.3, -0.25) is 4.79 Å². The molecule has 1 amide bonds. The van der Waals surface area contributed by atoms with Gasteiger partial charge in [-0.1, -0.05) is 72.8 Å². The van der Waals surface area contributed by atoms with Crippen molar-refractivity contribution in [2.24, 2.45) is 5.10 Å². The minimum Gasteiger partial charge on any atom is -0.378 e. The molecular weight excluding hydrogens is 398 g/mol. The quantitative estimate of drug-likeness (QED) is 0.364. The van der Waals surface area contributed by atoms with Crippen molar-refractivity contribution in [3.05, 3.63) is 102 Å². The van der Waals surface area contributed by atoms with Crippen LogP contribution < -0.4 is 10.3 Å². The molecule has 0 aliphatic rings. The molecule has 3 aromatic carbocycles. The van der Waals surface area contributed by atoms with Gasteiger partial charge < -0.3 is 4.90 Å². The van der Waals surface area contributed by atoms with E-state index in [1.54, 1.807) is 6.21 Å². The number of hydrazone groups is 1. The molecule has 4 aromatic rings. The number of carbonyl (C=O) groups excluding carboxylic acids is 1. The van der Waals surface area contributed by atoms with Gasteiger partial charge in [0.05, 0.1) is 17.6 Å². The van der Waals surface area contributed by atoms with Gasteiger partial charge in [-0.25, -0.2) is 15.4 Å². The molecule has 0 fully saturated rings. The number of rotatable bonds is 6. The number of nitrogens with one attached hydrogen (secondary N) is 1. The van der Waals surface area contributed by atoms with E-state index in [0.717, 1.165) is 22.4 Å². The molecule has 1 aromatic heterocycles. The van der Waals surface area contributed by atoms with Crippen molar-refractivity contribution in [3.63, 3.8) is 0 Å². The van der Waals surface area contributed by atoms with Gasteiger partial charge in [0.2, 0.25) is 5.82 Å². The largest absolute Gasteiger partial charge is 0.378 e. The summed E-state index contributed by atoms with van der Waals surface area (Å²) in [5.41, 5.74) is 7.66. The highest BCUT2D eigenvalue weighted by molar-refractivity contribution is 5.92. The second-order valence-electron chi connectivity index (χ2n) is 7.38. The Morgan fingerprint density at radius 3 is 1.84 bits per heavy atom. The predicted molar refractivity (Wildman–Crippen MR) is 129 cm³/mol. The molecule has 0 saturated carbocycles. The van der Waals surface area contributed by atoms with E-state index in [4.69, 9.17) is 0 Å². The molecule has 1 heterocycles. The number of amides is 1. The fraction of sp³-hybridized carbons (Fsp3) is 0.0769. The number of hydrogen-bond donors (Lipinski definition) is 1. The summed E-state index contributed by atoms with van der Waals surface area (Å²) in [6, 6.07) is 29.2. The lowest BCUT2D eigenvalue weighted by Gasteiger charge is -2.11. The van der Waals surface area contributed by atoms with Gasteiger partial charge in [0, 0.05) is 30.9 Å². The Bertz CT molecular complexity index is 1160. The Morgan fingerprint density at radius 1 is 0.812 bits per heavy atom. The molecule has 4 rings (SSSR count). The van der Waals surface area contributed by atoms with E-state index in [-0.39, 0.29) is 5.82 Å². The first-order valence-corrected chi connectivity index (χ1v) is 10.2. The summed E-state index contributed by atoms with van der Waals surface area (Å²) >= 11 is 0. The molecule has 0 unspecified atom stereocenters. The average molecular weight is 422 g/mol. The van der Waals surface area contributed by atoms with E-state index in [1.165, 1.54) is 0 Å². The first kappa shape index (κ1) is 20.9. The van der Waals surface area contributed by atoms with Gasteiger partial charge in [-0.15, -0.1) is 0 Å². The fourth-order valence-electron chi connectivity index (χ4n) is 3.14. The molecule has 6 heteroatoms. The van der Waals surface area contributed by atoms with Crippen molar-refractivity contribution in [2.45, 2.75) is 0 Å². The number of carbonyl (C=O) groups is 1. The van der Waals surface area contributed by atoms with Crippen molar-refractivity contribution >= 4 is 17.8 Å². The van der Waals surface area contributed by atoms with E-state index in [9.17, 15) is 4.79 Å². The fourth-order valence-corrected chi connectivity index (χ4v) is 3.14. The highest BCUT2D eigenvalue weighted by atomic mass is 16.2. The van der Waals surface area contributed by atoms with Crippen LogP contribution in [0.2, 0.25) is 0 Å². The summed E-state index contributed by atoms with van der Waals surface area (Å²) in [5.74, 6) is -0.411. The van der Waals surface area contributed by atoms with Crippen molar-refractivity contribution < 1.29 is 4.79 Å². The van der Waals surface area contributed by atoms with Gasteiger partial charge >= 0.3 is 5.91 Å². The number of benzene rings is 3. The summed E-state index contributed by atoms with van der Waals surface area (Å²) in [7, 11) is 3.97. The second kappa shape index (κ2) is 9.66. The summed E-state index contributed by atoms with van der Waals surface area (Å²) in [6.45, 7) is 0. The van der Waals surface area contributed by atoms with Crippen LogP contribution in [0.5, 0.6) is 0 Å². The minimum absolute atomic E-state index is 0.0605. The van der Waals surface area contributed by atoms with Gasteiger partial charge in [0.25, 0.3) is 0 Å². The third-order valence-electron chi connectivity index (χ3n) is 4.86. The topological polar surface area (TPSA) is 70.5 Å². The normalized spacial score (nSPS) is 10.8. The molecule has 158 valence electrons. The molecule has 1 N–H and O–H groups in total.